The first-order valence-electron chi connectivity index (χ1n) is 8.69. The Balaban J connectivity index is 2.37. The molecule has 27 heavy (non-hydrogen) atoms. The Labute approximate surface area is 172 Å². The molecule has 0 aliphatic heterocycles. The normalized spacial score (nSPS) is 11.0. The van der Waals surface area contributed by atoms with Crippen LogP contribution < -0.4 is 5.56 Å². The topological polar surface area (TPSA) is 55.2 Å². The number of thioether (sulfide) groups is 1. The Hall–Kier alpha value is -1.86. The second kappa shape index (κ2) is 9.90. The maximum absolute atomic E-state index is 13.0. The zero-order chi connectivity index (χ0) is 20.0. The molecule has 0 atom stereocenters. The highest BCUT2D eigenvalue weighted by atomic mass is 79.9. The Morgan fingerprint density at radius 3 is 2.59 bits per heavy atom. The molecule has 0 aliphatic carbocycles. The van der Waals surface area contributed by atoms with Crippen molar-refractivity contribution in [3.8, 4) is 0 Å². The molecule has 0 N–H and O–H groups in total. The van der Waals surface area contributed by atoms with Gasteiger partial charge in [-0.1, -0.05) is 53.7 Å². The highest BCUT2D eigenvalue weighted by molar-refractivity contribution is 9.10. The van der Waals surface area contributed by atoms with Gasteiger partial charge in [-0.2, -0.15) is 0 Å². The number of hydrogen-bond donors (Lipinski definition) is 0. The van der Waals surface area contributed by atoms with Crippen LogP contribution in [0.15, 0.2) is 57.9 Å². The van der Waals surface area contributed by atoms with Gasteiger partial charge < -0.3 is 4.90 Å². The van der Waals surface area contributed by atoms with Gasteiger partial charge in [0.25, 0.3) is 5.56 Å². The highest BCUT2D eigenvalue weighted by Gasteiger charge is 2.16. The third-order valence-corrected chi connectivity index (χ3v) is 5.26. The summed E-state index contributed by atoms with van der Waals surface area (Å²) in [6, 6.07) is 5.46. The average molecular weight is 450 g/mol. The minimum absolute atomic E-state index is 0.0407. The highest BCUT2D eigenvalue weighted by Crippen LogP contribution is 2.21. The van der Waals surface area contributed by atoms with E-state index in [0.717, 1.165) is 4.47 Å². The molecule has 1 amide bonds. The Bertz CT molecular complexity index is 898. The molecular formula is C20H24BrN3O2S. The van der Waals surface area contributed by atoms with E-state index in [9.17, 15) is 9.59 Å². The lowest BCUT2D eigenvalue weighted by atomic mass is 10.2. The molecular weight excluding hydrogens is 426 g/mol. The summed E-state index contributed by atoms with van der Waals surface area (Å²) in [5.41, 5.74) is 0.547. The molecule has 0 saturated heterocycles. The molecule has 0 spiro atoms. The monoisotopic (exact) mass is 449 g/mol. The van der Waals surface area contributed by atoms with Crippen LogP contribution in [-0.2, 0) is 11.3 Å². The first-order valence-corrected chi connectivity index (χ1v) is 10.5. The van der Waals surface area contributed by atoms with E-state index in [1.165, 1.54) is 11.8 Å². The summed E-state index contributed by atoms with van der Waals surface area (Å²) in [5.74, 6) is 0.442. The first-order chi connectivity index (χ1) is 12.9. The molecule has 1 aromatic carbocycles. The SMILES string of the molecule is C=CCN(CC=C)C(=O)CSc1nc2ccc(Br)cc2c(=O)n1CC(C)C. The van der Waals surface area contributed by atoms with Crippen molar-refractivity contribution in [3.63, 3.8) is 0 Å². The van der Waals surface area contributed by atoms with Crippen molar-refractivity contribution in [2.45, 2.75) is 25.5 Å². The molecule has 0 aliphatic rings. The smallest absolute Gasteiger partial charge is 0.262 e. The van der Waals surface area contributed by atoms with Crippen molar-refractivity contribution in [3.05, 3.63) is 58.3 Å². The molecule has 2 rings (SSSR count). The number of nitrogens with zero attached hydrogens (tertiary/aromatic N) is 3. The van der Waals surface area contributed by atoms with Crippen LogP contribution in [0.1, 0.15) is 13.8 Å². The Morgan fingerprint density at radius 2 is 2.00 bits per heavy atom. The summed E-state index contributed by atoms with van der Waals surface area (Å²) in [4.78, 5) is 31.8. The summed E-state index contributed by atoms with van der Waals surface area (Å²) in [6.45, 7) is 12.9. The average Bonchev–Trinajstić information content (AvgIpc) is 2.62. The van der Waals surface area contributed by atoms with Crippen molar-refractivity contribution in [2.24, 2.45) is 5.92 Å². The second-order valence-electron chi connectivity index (χ2n) is 6.53. The number of aromatic nitrogens is 2. The first kappa shape index (κ1) is 21.4. The molecule has 1 aromatic heterocycles. The predicted molar refractivity (Wildman–Crippen MR) is 116 cm³/mol. The number of halogens is 1. The second-order valence-corrected chi connectivity index (χ2v) is 8.39. The summed E-state index contributed by atoms with van der Waals surface area (Å²) >= 11 is 4.70. The van der Waals surface area contributed by atoms with Gasteiger partial charge in [-0.15, -0.1) is 13.2 Å². The van der Waals surface area contributed by atoms with E-state index < -0.39 is 0 Å². The van der Waals surface area contributed by atoms with Crippen LogP contribution in [-0.4, -0.2) is 39.2 Å². The van der Waals surface area contributed by atoms with Gasteiger partial charge in [0.05, 0.1) is 16.7 Å². The van der Waals surface area contributed by atoms with Crippen LogP contribution in [0.4, 0.5) is 0 Å². The van der Waals surface area contributed by atoms with Crippen LogP contribution in [0, 0.1) is 5.92 Å². The fourth-order valence-electron chi connectivity index (χ4n) is 2.62. The van der Waals surface area contributed by atoms with Gasteiger partial charge in [-0.3, -0.25) is 14.2 Å². The number of amides is 1. The van der Waals surface area contributed by atoms with Gasteiger partial charge in [0, 0.05) is 24.1 Å². The maximum atomic E-state index is 13.0. The Kier molecular flexibility index (Phi) is 7.86. The minimum Gasteiger partial charge on any atom is -0.335 e. The number of fused-ring (bicyclic) bond motifs is 1. The number of carbonyl (C=O) groups excluding carboxylic acids is 1. The molecule has 0 unspecified atom stereocenters. The van der Waals surface area contributed by atoms with Gasteiger partial charge >= 0.3 is 0 Å². The van der Waals surface area contributed by atoms with Gasteiger partial charge in [-0.05, 0) is 24.1 Å². The van der Waals surface area contributed by atoms with Crippen molar-refractivity contribution in [1.29, 1.82) is 0 Å². The molecule has 0 bridgehead atoms. The lowest BCUT2D eigenvalue weighted by molar-refractivity contribution is -0.127. The van der Waals surface area contributed by atoms with Crippen molar-refractivity contribution >= 4 is 44.5 Å². The molecule has 1 heterocycles. The standard InChI is InChI=1S/C20H24BrN3O2S/c1-5-9-23(10-6-2)18(25)13-27-20-22-17-8-7-15(21)11-16(17)19(26)24(20)12-14(3)4/h5-8,11,14H,1-2,9-10,12-13H2,3-4H3. The fourth-order valence-corrected chi connectivity index (χ4v) is 3.89. The van der Waals surface area contributed by atoms with Crippen LogP contribution in [0.5, 0.6) is 0 Å². The summed E-state index contributed by atoms with van der Waals surface area (Å²) in [7, 11) is 0. The van der Waals surface area contributed by atoms with Gasteiger partial charge in [-0.25, -0.2) is 4.98 Å². The van der Waals surface area contributed by atoms with E-state index in [4.69, 9.17) is 0 Å². The van der Waals surface area contributed by atoms with E-state index in [1.807, 2.05) is 26.0 Å². The predicted octanol–water partition coefficient (Wildman–Crippen LogP) is 4.11. The van der Waals surface area contributed by atoms with E-state index >= 15 is 0 Å². The molecule has 7 heteroatoms. The van der Waals surface area contributed by atoms with Crippen molar-refractivity contribution in [2.75, 3.05) is 18.8 Å². The van der Waals surface area contributed by atoms with Crippen LogP contribution in [0.2, 0.25) is 0 Å². The summed E-state index contributed by atoms with van der Waals surface area (Å²) in [5, 5.41) is 1.13. The van der Waals surface area contributed by atoms with E-state index in [2.05, 4.69) is 34.1 Å². The summed E-state index contributed by atoms with van der Waals surface area (Å²) < 4.78 is 2.51. The number of rotatable bonds is 9. The lowest BCUT2D eigenvalue weighted by Crippen LogP contribution is -2.33. The van der Waals surface area contributed by atoms with Crippen LogP contribution in [0.3, 0.4) is 0 Å². The zero-order valence-corrected chi connectivity index (χ0v) is 18.1. The third kappa shape index (κ3) is 5.56. The van der Waals surface area contributed by atoms with Gasteiger partial charge in [0.2, 0.25) is 5.91 Å². The summed E-state index contributed by atoms with van der Waals surface area (Å²) in [6.07, 6.45) is 3.37. The van der Waals surface area contributed by atoms with Crippen molar-refractivity contribution < 1.29 is 4.79 Å². The maximum Gasteiger partial charge on any atom is 0.262 e. The van der Waals surface area contributed by atoms with E-state index in [-0.39, 0.29) is 23.1 Å². The largest absolute Gasteiger partial charge is 0.335 e. The van der Waals surface area contributed by atoms with Gasteiger partial charge in [0.1, 0.15) is 0 Å². The minimum atomic E-state index is -0.0843. The van der Waals surface area contributed by atoms with Crippen LogP contribution >= 0.6 is 27.7 Å². The molecule has 144 valence electrons. The lowest BCUT2D eigenvalue weighted by Gasteiger charge is -2.20. The number of benzene rings is 1. The quantitative estimate of drug-likeness (QED) is 0.328. The third-order valence-electron chi connectivity index (χ3n) is 3.81. The number of hydrogen-bond acceptors (Lipinski definition) is 4. The molecule has 5 nitrogen and oxygen atoms in total. The van der Waals surface area contributed by atoms with E-state index in [1.54, 1.807) is 27.7 Å². The zero-order valence-electron chi connectivity index (χ0n) is 15.7. The molecule has 0 radical (unpaired) electrons. The number of carbonyl (C=O) groups is 1. The van der Waals surface area contributed by atoms with Crippen LogP contribution in [0.25, 0.3) is 10.9 Å². The fraction of sp³-hybridized carbons (Fsp3) is 0.350. The Morgan fingerprint density at radius 1 is 1.33 bits per heavy atom. The van der Waals surface area contributed by atoms with Gasteiger partial charge in [0.15, 0.2) is 5.16 Å². The van der Waals surface area contributed by atoms with E-state index in [0.29, 0.717) is 35.7 Å². The van der Waals surface area contributed by atoms with Crippen molar-refractivity contribution in [1.82, 2.24) is 14.5 Å². The molecule has 0 saturated carbocycles. The molecule has 2 aromatic rings. The molecule has 0 fully saturated rings.